The quantitative estimate of drug-likeness (QED) is 0.635. The Hall–Kier alpha value is -1.74. The average Bonchev–Trinajstić information content (AvgIpc) is 2.33. The number of benzene rings is 1. The van der Waals surface area contributed by atoms with E-state index in [9.17, 15) is 4.79 Å². The van der Waals surface area contributed by atoms with Crippen LogP contribution in [0.25, 0.3) is 6.08 Å². The van der Waals surface area contributed by atoms with E-state index < -0.39 is 5.97 Å². The smallest absolute Gasteiger partial charge is 0.328 e. The Bertz CT molecular complexity index is 509. The van der Waals surface area contributed by atoms with Crippen molar-refractivity contribution in [1.82, 2.24) is 0 Å². The monoisotopic (exact) mass is 279 g/mol. The van der Waals surface area contributed by atoms with Gasteiger partial charge in [-0.15, -0.1) is 0 Å². The summed E-state index contributed by atoms with van der Waals surface area (Å²) in [5.41, 5.74) is 2.65. The van der Waals surface area contributed by atoms with Crippen molar-refractivity contribution >= 4 is 29.3 Å². The van der Waals surface area contributed by atoms with E-state index in [1.54, 1.807) is 12.1 Å². The number of rotatable bonds is 6. The fourth-order valence-corrected chi connectivity index (χ4v) is 2.14. The number of carbonyl (C=O) groups is 1. The lowest BCUT2D eigenvalue weighted by atomic mass is 10.1. The first-order valence-corrected chi connectivity index (χ1v) is 6.42. The number of hydrogen-bond acceptors (Lipinski definition) is 2. The predicted molar refractivity (Wildman–Crippen MR) is 80.8 cm³/mol. The van der Waals surface area contributed by atoms with Crippen molar-refractivity contribution in [3.8, 4) is 0 Å². The summed E-state index contributed by atoms with van der Waals surface area (Å²) >= 11 is 6.25. The molecule has 0 atom stereocenters. The van der Waals surface area contributed by atoms with Gasteiger partial charge < -0.3 is 10.0 Å². The van der Waals surface area contributed by atoms with Gasteiger partial charge in [0.25, 0.3) is 0 Å². The van der Waals surface area contributed by atoms with Crippen LogP contribution in [-0.2, 0) is 4.79 Å². The van der Waals surface area contributed by atoms with Gasteiger partial charge in [0.15, 0.2) is 0 Å². The zero-order chi connectivity index (χ0) is 14.4. The summed E-state index contributed by atoms with van der Waals surface area (Å²) in [6.07, 6.45) is 2.67. The third-order valence-electron chi connectivity index (χ3n) is 2.58. The third-order valence-corrected chi connectivity index (χ3v) is 2.89. The van der Waals surface area contributed by atoms with Crippen LogP contribution in [0.3, 0.4) is 0 Å². The van der Waals surface area contributed by atoms with Crippen LogP contribution >= 0.6 is 11.6 Å². The second kappa shape index (κ2) is 7.00. The van der Waals surface area contributed by atoms with Gasteiger partial charge in [0.05, 0.1) is 10.7 Å². The van der Waals surface area contributed by atoms with E-state index in [1.807, 2.05) is 26.0 Å². The Morgan fingerprint density at radius 2 is 2.21 bits per heavy atom. The molecule has 0 radical (unpaired) electrons. The molecule has 0 aliphatic heterocycles. The highest BCUT2D eigenvalue weighted by molar-refractivity contribution is 6.33. The van der Waals surface area contributed by atoms with E-state index in [0.717, 1.165) is 29.4 Å². The van der Waals surface area contributed by atoms with E-state index >= 15 is 0 Å². The van der Waals surface area contributed by atoms with Gasteiger partial charge in [-0.2, -0.15) is 0 Å². The number of likely N-dealkylation sites (N-methyl/N-ethyl adjacent to an activating group) is 1. The molecule has 0 amide bonds. The first kappa shape index (κ1) is 15.3. The van der Waals surface area contributed by atoms with Gasteiger partial charge >= 0.3 is 5.97 Å². The number of nitrogens with zero attached hydrogens (tertiary/aromatic N) is 1. The van der Waals surface area contributed by atoms with Crippen LogP contribution in [0.2, 0.25) is 5.02 Å². The zero-order valence-electron chi connectivity index (χ0n) is 11.2. The lowest BCUT2D eigenvalue weighted by molar-refractivity contribution is -0.131. The molecule has 0 aliphatic carbocycles. The summed E-state index contributed by atoms with van der Waals surface area (Å²) in [6, 6.07) is 5.46. The van der Waals surface area contributed by atoms with Crippen LogP contribution < -0.4 is 4.90 Å². The normalized spacial score (nSPS) is 10.7. The molecule has 0 spiro atoms. The minimum atomic E-state index is -0.978. The van der Waals surface area contributed by atoms with Gasteiger partial charge in [-0.25, -0.2) is 4.79 Å². The van der Waals surface area contributed by atoms with Crippen molar-refractivity contribution in [1.29, 1.82) is 0 Å². The molecule has 1 aromatic carbocycles. The number of aliphatic carboxylic acids is 1. The molecular weight excluding hydrogens is 262 g/mol. The number of anilines is 1. The SMILES string of the molecule is C=C(C)CN(CC)c1c(Cl)cccc1/C=C/C(=O)O. The topological polar surface area (TPSA) is 40.5 Å². The average molecular weight is 280 g/mol. The Labute approximate surface area is 118 Å². The van der Waals surface area contributed by atoms with Crippen LogP contribution in [0.4, 0.5) is 5.69 Å². The lowest BCUT2D eigenvalue weighted by Gasteiger charge is -2.26. The molecule has 1 aromatic rings. The number of carboxylic acid groups (broad SMARTS) is 1. The van der Waals surface area contributed by atoms with Crippen molar-refractivity contribution in [3.05, 3.63) is 47.0 Å². The van der Waals surface area contributed by atoms with Crippen LogP contribution in [0.5, 0.6) is 0 Å². The summed E-state index contributed by atoms with van der Waals surface area (Å²) in [4.78, 5) is 12.7. The molecule has 0 bridgehead atoms. The fraction of sp³-hybridized carbons (Fsp3) is 0.267. The van der Waals surface area contributed by atoms with Crippen LogP contribution in [0.15, 0.2) is 36.4 Å². The molecule has 19 heavy (non-hydrogen) atoms. The van der Waals surface area contributed by atoms with Crippen molar-refractivity contribution < 1.29 is 9.90 Å². The Balaban J connectivity index is 3.22. The van der Waals surface area contributed by atoms with E-state index in [0.29, 0.717) is 11.6 Å². The van der Waals surface area contributed by atoms with Crippen molar-refractivity contribution in [2.24, 2.45) is 0 Å². The molecule has 0 aliphatic rings. The van der Waals surface area contributed by atoms with Gasteiger partial charge in [0.1, 0.15) is 0 Å². The highest BCUT2D eigenvalue weighted by atomic mass is 35.5. The minimum Gasteiger partial charge on any atom is -0.478 e. The molecule has 0 fully saturated rings. The van der Waals surface area contributed by atoms with E-state index in [1.165, 1.54) is 0 Å². The second-order valence-electron chi connectivity index (χ2n) is 4.32. The molecule has 1 N–H and O–H groups in total. The molecule has 4 heteroatoms. The molecule has 0 saturated carbocycles. The van der Waals surface area contributed by atoms with Crippen molar-refractivity contribution in [2.45, 2.75) is 13.8 Å². The maximum Gasteiger partial charge on any atom is 0.328 e. The van der Waals surface area contributed by atoms with Crippen LogP contribution in [0.1, 0.15) is 19.4 Å². The molecule has 0 heterocycles. The Morgan fingerprint density at radius 1 is 1.53 bits per heavy atom. The van der Waals surface area contributed by atoms with E-state index in [4.69, 9.17) is 16.7 Å². The number of hydrogen-bond donors (Lipinski definition) is 1. The molecule has 102 valence electrons. The summed E-state index contributed by atoms with van der Waals surface area (Å²) in [6.45, 7) is 9.34. The molecule has 0 saturated heterocycles. The Morgan fingerprint density at radius 3 is 2.74 bits per heavy atom. The lowest BCUT2D eigenvalue weighted by Crippen LogP contribution is -2.25. The first-order chi connectivity index (χ1) is 8.95. The van der Waals surface area contributed by atoms with Crippen LogP contribution in [0, 0.1) is 0 Å². The second-order valence-corrected chi connectivity index (χ2v) is 4.73. The van der Waals surface area contributed by atoms with Crippen molar-refractivity contribution in [2.75, 3.05) is 18.0 Å². The standard InChI is InChI=1S/C15H18ClNO2/c1-4-17(10-11(2)3)15-12(8-9-14(18)19)6-5-7-13(15)16/h5-9H,2,4,10H2,1,3H3,(H,18,19)/b9-8+. The zero-order valence-corrected chi connectivity index (χ0v) is 11.9. The number of carboxylic acids is 1. The minimum absolute atomic E-state index is 0.607. The van der Waals surface area contributed by atoms with E-state index in [-0.39, 0.29) is 0 Å². The van der Waals surface area contributed by atoms with E-state index in [2.05, 4.69) is 11.5 Å². The summed E-state index contributed by atoms with van der Waals surface area (Å²) in [5, 5.41) is 9.34. The van der Waals surface area contributed by atoms with Gasteiger partial charge in [-0.3, -0.25) is 0 Å². The number of para-hydroxylation sites is 1. The summed E-state index contributed by atoms with van der Waals surface area (Å²) in [7, 11) is 0. The van der Waals surface area contributed by atoms with Gasteiger partial charge in [0, 0.05) is 19.2 Å². The van der Waals surface area contributed by atoms with Gasteiger partial charge in [0.2, 0.25) is 0 Å². The molecule has 3 nitrogen and oxygen atoms in total. The third kappa shape index (κ3) is 4.45. The van der Waals surface area contributed by atoms with Crippen LogP contribution in [-0.4, -0.2) is 24.2 Å². The van der Waals surface area contributed by atoms with Crippen molar-refractivity contribution in [3.63, 3.8) is 0 Å². The Kier molecular flexibility index (Phi) is 5.64. The maximum absolute atomic E-state index is 10.6. The summed E-state index contributed by atoms with van der Waals surface area (Å²) in [5.74, 6) is -0.978. The molecular formula is C15H18ClNO2. The summed E-state index contributed by atoms with van der Waals surface area (Å²) < 4.78 is 0. The fourth-order valence-electron chi connectivity index (χ4n) is 1.84. The van der Waals surface area contributed by atoms with Gasteiger partial charge in [-0.1, -0.05) is 35.9 Å². The number of halogens is 1. The first-order valence-electron chi connectivity index (χ1n) is 6.04. The highest BCUT2D eigenvalue weighted by Crippen LogP contribution is 2.31. The molecule has 0 unspecified atom stereocenters. The maximum atomic E-state index is 10.6. The molecule has 1 rings (SSSR count). The predicted octanol–water partition coefficient (Wildman–Crippen LogP) is 3.84. The highest BCUT2D eigenvalue weighted by Gasteiger charge is 2.12. The van der Waals surface area contributed by atoms with Gasteiger partial charge in [-0.05, 0) is 31.6 Å². The largest absolute Gasteiger partial charge is 0.478 e. The molecule has 0 aromatic heterocycles.